The van der Waals surface area contributed by atoms with Crippen LogP contribution in [0.25, 0.3) is 22.0 Å². The highest BCUT2D eigenvalue weighted by molar-refractivity contribution is 5.94. The number of piperazine rings is 1. The molecule has 1 saturated heterocycles. The molecular formula is C21H24N4. The predicted molar refractivity (Wildman–Crippen MR) is 104 cm³/mol. The Morgan fingerprint density at radius 2 is 1.60 bits per heavy atom. The van der Waals surface area contributed by atoms with E-state index in [1.54, 1.807) is 0 Å². The second kappa shape index (κ2) is 6.45. The fourth-order valence-corrected chi connectivity index (χ4v) is 3.57. The highest BCUT2D eigenvalue weighted by atomic mass is 15.3. The highest BCUT2D eigenvalue weighted by Gasteiger charge is 2.19. The Labute approximate surface area is 149 Å². The van der Waals surface area contributed by atoms with E-state index in [9.17, 15) is 0 Å². The molecule has 1 fully saturated rings. The largest absolute Gasteiger partial charge is 0.353 e. The lowest BCUT2D eigenvalue weighted by atomic mass is 9.98. The van der Waals surface area contributed by atoms with Crippen molar-refractivity contribution in [2.75, 3.05) is 38.1 Å². The number of benzene rings is 2. The van der Waals surface area contributed by atoms with E-state index in [2.05, 4.69) is 66.2 Å². The first-order chi connectivity index (χ1) is 12.1. The number of aryl methyl sites for hydroxylation is 2. The van der Waals surface area contributed by atoms with Gasteiger partial charge in [-0.1, -0.05) is 30.3 Å². The van der Waals surface area contributed by atoms with Gasteiger partial charge in [0.25, 0.3) is 0 Å². The summed E-state index contributed by atoms with van der Waals surface area (Å²) in [6.07, 6.45) is 0. The van der Waals surface area contributed by atoms with Crippen molar-refractivity contribution < 1.29 is 0 Å². The van der Waals surface area contributed by atoms with Gasteiger partial charge in [0.05, 0.1) is 5.52 Å². The van der Waals surface area contributed by atoms with Crippen molar-refractivity contribution in [2.24, 2.45) is 0 Å². The minimum Gasteiger partial charge on any atom is -0.353 e. The van der Waals surface area contributed by atoms with E-state index in [1.807, 2.05) is 6.92 Å². The van der Waals surface area contributed by atoms with Crippen LogP contribution in [0.5, 0.6) is 0 Å². The van der Waals surface area contributed by atoms with Crippen LogP contribution in [0.1, 0.15) is 11.4 Å². The summed E-state index contributed by atoms with van der Waals surface area (Å²) in [6, 6.07) is 15.0. The maximum absolute atomic E-state index is 4.79. The fraction of sp³-hybridized carbons (Fsp3) is 0.333. The molecule has 3 aromatic rings. The van der Waals surface area contributed by atoms with Crippen molar-refractivity contribution in [1.29, 1.82) is 0 Å². The smallest absolute Gasteiger partial charge is 0.140 e. The zero-order chi connectivity index (χ0) is 17.4. The van der Waals surface area contributed by atoms with E-state index in [-0.39, 0.29) is 0 Å². The monoisotopic (exact) mass is 332 g/mol. The molecule has 0 saturated carbocycles. The SMILES string of the molecule is Cc1nc(N2CCN(C)CC2)c2cc(C)c(-c3ccccc3)cc2n1. The zero-order valence-corrected chi connectivity index (χ0v) is 15.2. The summed E-state index contributed by atoms with van der Waals surface area (Å²) in [4.78, 5) is 14.3. The summed E-state index contributed by atoms with van der Waals surface area (Å²) in [5.74, 6) is 1.92. The quantitative estimate of drug-likeness (QED) is 0.717. The van der Waals surface area contributed by atoms with Crippen molar-refractivity contribution in [2.45, 2.75) is 13.8 Å². The van der Waals surface area contributed by atoms with E-state index in [0.29, 0.717) is 0 Å². The van der Waals surface area contributed by atoms with Crippen LogP contribution in [-0.4, -0.2) is 48.1 Å². The van der Waals surface area contributed by atoms with Crippen LogP contribution >= 0.6 is 0 Å². The third-order valence-corrected chi connectivity index (χ3v) is 5.02. The Morgan fingerprint density at radius 3 is 2.32 bits per heavy atom. The van der Waals surface area contributed by atoms with Gasteiger partial charge in [-0.2, -0.15) is 0 Å². The number of aromatic nitrogens is 2. The molecule has 0 bridgehead atoms. The molecule has 4 heteroatoms. The number of fused-ring (bicyclic) bond motifs is 1. The molecule has 0 spiro atoms. The summed E-state index contributed by atoms with van der Waals surface area (Å²) in [5, 5.41) is 1.16. The molecule has 1 aliphatic heterocycles. The molecule has 0 amide bonds. The van der Waals surface area contributed by atoms with Crippen LogP contribution in [0.3, 0.4) is 0 Å². The lowest BCUT2D eigenvalue weighted by Gasteiger charge is -2.34. The average Bonchev–Trinajstić information content (AvgIpc) is 2.62. The Balaban J connectivity index is 1.84. The van der Waals surface area contributed by atoms with Gasteiger partial charge in [-0.05, 0) is 49.7 Å². The Morgan fingerprint density at radius 1 is 0.880 bits per heavy atom. The number of hydrogen-bond donors (Lipinski definition) is 0. The molecule has 4 rings (SSSR count). The van der Waals surface area contributed by atoms with Gasteiger partial charge in [0, 0.05) is 31.6 Å². The van der Waals surface area contributed by atoms with Gasteiger partial charge in [-0.15, -0.1) is 0 Å². The lowest BCUT2D eigenvalue weighted by molar-refractivity contribution is 0.312. The zero-order valence-electron chi connectivity index (χ0n) is 15.2. The minimum absolute atomic E-state index is 0.837. The molecule has 4 nitrogen and oxygen atoms in total. The molecule has 0 N–H and O–H groups in total. The van der Waals surface area contributed by atoms with E-state index < -0.39 is 0 Å². The second-order valence-electron chi connectivity index (χ2n) is 6.94. The Hall–Kier alpha value is -2.46. The molecule has 0 aliphatic carbocycles. The topological polar surface area (TPSA) is 32.3 Å². The summed E-state index contributed by atoms with van der Waals surface area (Å²) in [5.41, 5.74) is 4.78. The average molecular weight is 332 g/mol. The summed E-state index contributed by atoms with van der Waals surface area (Å²) < 4.78 is 0. The van der Waals surface area contributed by atoms with E-state index >= 15 is 0 Å². The first-order valence-corrected chi connectivity index (χ1v) is 8.90. The first kappa shape index (κ1) is 16.0. The predicted octanol–water partition coefficient (Wildman–Crippen LogP) is 3.67. The first-order valence-electron chi connectivity index (χ1n) is 8.90. The van der Waals surface area contributed by atoms with Crippen LogP contribution in [0.2, 0.25) is 0 Å². The van der Waals surface area contributed by atoms with Gasteiger partial charge in [-0.25, -0.2) is 9.97 Å². The van der Waals surface area contributed by atoms with Crippen molar-refractivity contribution in [3.63, 3.8) is 0 Å². The number of nitrogens with zero attached hydrogens (tertiary/aromatic N) is 4. The molecule has 2 aromatic carbocycles. The van der Waals surface area contributed by atoms with Gasteiger partial charge in [0.2, 0.25) is 0 Å². The van der Waals surface area contributed by atoms with Crippen molar-refractivity contribution in [1.82, 2.24) is 14.9 Å². The van der Waals surface area contributed by atoms with Crippen LogP contribution in [-0.2, 0) is 0 Å². The van der Waals surface area contributed by atoms with Gasteiger partial charge < -0.3 is 9.80 Å². The van der Waals surface area contributed by atoms with E-state index in [0.717, 1.165) is 48.7 Å². The van der Waals surface area contributed by atoms with Gasteiger partial charge in [0.1, 0.15) is 11.6 Å². The molecule has 0 atom stereocenters. The standard InChI is InChI=1S/C21H24N4/c1-15-13-19-20(14-18(15)17-7-5-4-6-8-17)22-16(2)23-21(19)25-11-9-24(3)10-12-25/h4-8,13-14H,9-12H2,1-3H3. The molecule has 1 aromatic heterocycles. The van der Waals surface area contributed by atoms with Crippen molar-refractivity contribution in [3.8, 4) is 11.1 Å². The van der Waals surface area contributed by atoms with E-state index in [4.69, 9.17) is 9.97 Å². The second-order valence-corrected chi connectivity index (χ2v) is 6.94. The Kier molecular flexibility index (Phi) is 4.14. The minimum atomic E-state index is 0.837. The Bertz CT molecular complexity index is 897. The summed E-state index contributed by atoms with van der Waals surface area (Å²) >= 11 is 0. The van der Waals surface area contributed by atoms with Gasteiger partial charge >= 0.3 is 0 Å². The van der Waals surface area contributed by atoms with Crippen molar-refractivity contribution in [3.05, 3.63) is 53.9 Å². The van der Waals surface area contributed by atoms with Crippen molar-refractivity contribution >= 4 is 16.7 Å². The van der Waals surface area contributed by atoms with E-state index in [1.165, 1.54) is 16.7 Å². The molecule has 0 unspecified atom stereocenters. The number of hydrogen-bond acceptors (Lipinski definition) is 4. The van der Waals surface area contributed by atoms with Gasteiger partial charge in [-0.3, -0.25) is 0 Å². The number of anilines is 1. The third-order valence-electron chi connectivity index (χ3n) is 5.02. The molecule has 2 heterocycles. The maximum Gasteiger partial charge on any atom is 0.140 e. The van der Waals surface area contributed by atoms with Crippen LogP contribution in [0.15, 0.2) is 42.5 Å². The van der Waals surface area contributed by atoms with Crippen LogP contribution in [0, 0.1) is 13.8 Å². The lowest BCUT2D eigenvalue weighted by Crippen LogP contribution is -2.45. The molecular weight excluding hydrogens is 308 g/mol. The fourth-order valence-electron chi connectivity index (χ4n) is 3.57. The molecule has 1 aliphatic rings. The normalized spacial score (nSPS) is 15.7. The van der Waals surface area contributed by atoms with Gasteiger partial charge in [0.15, 0.2) is 0 Å². The third kappa shape index (κ3) is 3.10. The van der Waals surface area contributed by atoms with Crippen LogP contribution in [0.4, 0.5) is 5.82 Å². The number of rotatable bonds is 2. The summed E-state index contributed by atoms with van der Waals surface area (Å²) in [6.45, 7) is 8.34. The molecule has 25 heavy (non-hydrogen) atoms. The highest BCUT2D eigenvalue weighted by Crippen LogP contribution is 2.32. The molecule has 0 radical (unpaired) electrons. The maximum atomic E-state index is 4.79. The number of likely N-dealkylation sites (N-methyl/N-ethyl adjacent to an activating group) is 1. The van der Waals surface area contributed by atoms with Crippen LogP contribution < -0.4 is 4.90 Å². The summed E-state index contributed by atoms with van der Waals surface area (Å²) in [7, 11) is 2.18. The molecule has 128 valence electrons.